The van der Waals surface area contributed by atoms with E-state index < -0.39 is 0 Å². The Balaban J connectivity index is 0.977. The van der Waals surface area contributed by atoms with Crippen LogP contribution in [-0.2, 0) is 32.0 Å². The van der Waals surface area contributed by atoms with Gasteiger partial charge in [-0.3, -0.25) is 0 Å². The highest BCUT2D eigenvalue weighted by molar-refractivity contribution is 7.78. The molecular formula is C42H43N5O6S. The number of fused-ring (bicyclic) bond motifs is 5. The summed E-state index contributed by atoms with van der Waals surface area (Å²) in [6.07, 6.45) is 5.20. The van der Waals surface area contributed by atoms with Crippen molar-refractivity contribution in [3.63, 3.8) is 0 Å². The molecular weight excluding hydrogens is 703 g/mol. The molecule has 6 rings (SSSR count). The summed E-state index contributed by atoms with van der Waals surface area (Å²) in [5, 5.41) is 11.6. The van der Waals surface area contributed by atoms with Gasteiger partial charge in [0.15, 0.2) is 0 Å². The molecule has 0 aliphatic carbocycles. The van der Waals surface area contributed by atoms with E-state index in [1.807, 2.05) is 53.2 Å². The number of ether oxygens (including phenoxy) is 6. The Hall–Kier alpha value is -5.38. The van der Waals surface area contributed by atoms with Crippen LogP contribution in [0.4, 0.5) is 11.4 Å². The number of thiocarbonyl (C=S) groups is 1. The molecule has 0 fully saturated rings. The second kappa shape index (κ2) is 20.2. The number of aliphatic imine (C=N–C) groups is 1. The maximum atomic E-state index is 6.09. The first-order valence-corrected chi connectivity index (χ1v) is 18.2. The summed E-state index contributed by atoms with van der Waals surface area (Å²) in [6, 6.07) is 30.3. The van der Waals surface area contributed by atoms with Crippen LogP contribution in [0.25, 0.3) is 33.6 Å². The van der Waals surface area contributed by atoms with Crippen LogP contribution in [0.2, 0.25) is 0 Å². The van der Waals surface area contributed by atoms with Crippen LogP contribution < -0.4 is 14.4 Å². The molecule has 4 aromatic carbocycles. The Kier molecular flexibility index (Phi) is 14.3. The summed E-state index contributed by atoms with van der Waals surface area (Å²) >= 11 is 4.73. The van der Waals surface area contributed by atoms with Crippen LogP contribution >= 0.6 is 12.2 Å². The molecule has 2 heterocycles. The van der Waals surface area contributed by atoms with Crippen molar-refractivity contribution in [1.29, 1.82) is 0 Å². The standard InChI is InChI=1S/C42H43N5O6S/c1-3-17-48-19-21-50-23-25-52-36-27-34(32-12-14-35(15-13-32)43-31-54)28-37(29-36)53-26-24-51-22-20-49-18-16-47-42-38-9-5-4-8-33(38)30-46(2)40-11-7-6-10-39(40)41(42)44-45-47/h1,4-15,27-29H,16-26,30H2,2H3. The van der Waals surface area contributed by atoms with Crippen molar-refractivity contribution >= 4 is 28.8 Å². The quantitative estimate of drug-likeness (QED) is 0.0354. The monoisotopic (exact) mass is 745 g/mol. The highest BCUT2D eigenvalue weighted by Gasteiger charge is 2.25. The molecule has 0 bridgehead atoms. The summed E-state index contributed by atoms with van der Waals surface area (Å²) in [7, 11) is 2.11. The van der Waals surface area contributed by atoms with Gasteiger partial charge in [0.25, 0.3) is 0 Å². The zero-order chi connectivity index (χ0) is 37.4. The summed E-state index contributed by atoms with van der Waals surface area (Å²) in [5.41, 5.74) is 9.07. The number of nitrogens with zero attached hydrogens (tertiary/aromatic N) is 5. The van der Waals surface area contributed by atoms with Crippen LogP contribution in [-0.4, -0.2) is 93.3 Å². The first kappa shape index (κ1) is 38.3. The molecule has 0 N–H and O–H groups in total. The molecule has 278 valence electrons. The molecule has 0 atom stereocenters. The van der Waals surface area contributed by atoms with Gasteiger partial charge in [-0.2, -0.15) is 4.99 Å². The Morgan fingerprint density at radius 3 is 2.06 bits per heavy atom. The third kappa shape index (κ3) is 10.4. The van der Waals surface area contributed by atoms with Gasteiger partial charge >= 0.3 is 0 Å². The average molecular weight is 746 g/mol. The normalized spacial score (nSPS) is 11.7. The van der Waals surface area contributed by atoms with Gasteiger partial charge in [-0.15, -0.1) is 11.5 Å². The van der Waals surface area contributed by atoms with Gasteiger partial charge in [0.2, 0.25) is 0 Å². The molecule has 11 nitrogen and oxygen atoms in total. The van der Waals surface area contributed by atoms with Crippen molar-refractivity contribution in [2.45, 2.75) is 13.1 Å². The Bertz CT molecular complexity index is 2060. The summed E-state index contributed by atoms with van der Waals surface area (Å²) in [5.74, 6) is 3.75. The molecule has 1 aliphatic heterocycles. The minimum Gasteiger partial charge on any atom is -0.491 e. The fraction of sp³-hybridized carbons (Fsp3) is 0.310. The molecule has 54 heavy (non-hydrogen) atoms. The Morgan fingerprint density at radius 2 is 1.35 bits per heavy atom. The van der Waals surface area contributed by atoms with Crippen molar-refractivity contribution in [1.82, 2.24) is 15.0 Å². The van der Waals surface area contributed by atoms with Gasteiger partial charge in [-0.25, -0.2) is 4.68 Å². The smallest absolute Gasteiger partial charge is 0.123 e. The van der Waals surface area contributed by atoms with E-state index in [1.54, 1.807) is 0 Å². The van der Waals surface area contributed by atoms with Gasteiger partial charge in [-0.05, 0) is 59.2 Å². The second-order valence-electron chi connectivity index (χ2n) is 12.3. The molecule has 0 saturated heterocycles. The number of rotatable bonds is 20. The van der Waals surface area contributed by atoms with Crippen molar-refractivity contribution in [3.05, 3.63) is 96.6 Å². The third-order valence-electron chi connectivity index (χ3n) is 8.61. The lowest BCUT2D eigenvalue weighted by molar-refractivity contribution is 0.0333. The predicted octanol–water partition coefficient (Wildman–Crippen LogP) is 7.12. The van der Waals surface area contributed by atoms with E-state index in [4.69, 9.17) is 47.1 Å². The lowest BCUT2D eigenvalue weighted by atomic mass is 9.96. The number of hydrogen-bond donors (Lipinski definition) is 0. The first-order valence-electron chi connectivity index (χ1n) is 17.8. The van der Waals surface area contributed by atoms with Crippen molar-refractivity contribution in [2.75, 3.05) is 78.0 Å². The fourth-order valence-electron chi connectivity index (χ4n) is 6.10. The van der Waals surface area contributed by atoms with Crippen LogP contribution in [0.3, 0.4) is 0 Å². The van der Waals surface area contributed by atoms with Crippen molar-refractivity contribution < 1.29 is 28.4 Å². The molecule has 1 aliphatic rings. The SMILES string of the molecule is C#CCOCCOCCOc1cc(OCCOCCOCCn2nnc3c2-c2ccccc2CN(C)c2ccccc2-3)cc(-c2ccc(N=C=S)cc2)c1. The lowest BCUT2D eigenvalue weighted by Gasteiger charge is -2.26. The average Bonchev–Trinajstić information content (AvgIpc) is 3.61. The predicted molar refractivity (Wildman–Crippen MR) is 213 cm³/mol. The highest BCUT2D eigenvalue weighted by Crippen LogP contribution is 2.40. The number of para-hydroxylation sites is 1. The minimum absolute atomic E-state index is 0.268. The van der Waals surface area contributed by atoms with Crippen LogP contribution in [0.5, 0.6) is 11.5 Å². The van der Waals surface area contributed by atoms with E-state index in [0.29, 0.717) is 77.5 Å². The third-order valence-corrected chi connectivity index (χ3v) is 8.70. The summed E-state index contributed by atoms with van der Waals surface area (Å²) < 4.78 is 36.6. The molecule has 5 aromatic rings. The molecule has 0 saturated carbocycles. The molecule has 0 amide bonds. The maximum Gasteiger partial charge on any atom is 0.123 e. The van der Waals surface area contributed by atoms with Crippen LogP contribution in [0, 0.1) is 12.3 Å². The number of benzene rings is 4. The van der Waals surface area contributed by atoms with E-state index in [-0.39, 0.29) is 6.61 Å². The van der Waals surface area contributed by atoms with Crippen molar-refractivity contribution in [3.8, 4) is 57.5 Å². The van der Waals surface area contributed by atoms with Gasteiger partial charge < -0.3 is 33.3 Å². The molecule has 0 unspecified atom stereocenters. The number of anilines is 1. The number of isothiocyanates is 1. The highest BCUT2D eigenvalue weighted by atomic mass is 32.1. The van der Waals surface area contributed by atoms with Gasteiger partial charge in [0.1, 0.15) is 37.0 Å². The van der Waals surface area contributed by atoms with E-state index in [1.165, 1.54) is 5.56 Å². The van der Waals surface area contributed by atoms with E-state index in [0.717, 1.165) is 51.6 Å². The first-order chi connectivity index (χ1) is 26.6. The van der Waals surface area contributed by atoms with Gasteiger partial charge in [-0.1, -0.05) is 65.7 Å². The van der Waals surface area contributed by atoms with Crippen LogP contribution in [0.1, 0.15) is 5.56 Å². The molecule has 1 aromatic heterocycles. The largest absolute Gasteiger partial charge is 0.491 e. The maximum absolute atomic E-state index is 6.09. The van der Waals surface area contributed by atoms with E-state index >= 15 is 0 Å². The number of terminal acetylenes is 1. The number of aromatic nitrogens is 3. The molecule has 0 radical (unpaired) electrons. The topological polar surface area (TPSA) is 102 Å². The zero-order valence-corrected chi connectivity index (χ0v) is 31.1. The zero-order valence-electron chi connectivity index (χ0n) is 30.3. The van der Waals surface area contributed by atoms with Crippen LogP contribution in [0.15, 0.2) is 96.0 Å². The van der Waals surface area contributed by atoms with E-state index in [2.05, 4.69) is 80.8 Å². The second-order valence-corrected chi connectivity index (χ2v) is 12.5. The molecule has 12 heteroatoms. The van der Waals surface area contributed by atoms with Gasteiger partial charge in [0, 0.05) is 36.5 Å². The van der Waals surface area contributed by atoms with E-state index in [9.17, 15) is 0 Å². The van der Waals surface area contributed by atoms with Crippen molar-refractivity contribution in [2.24, 2.45) is 4.99 Å². The fourth-order valence-corrected chi connectivity index (χ4v) is 6.21. The Morgan fingerprint density at radius 1 is 0.722 bits per heavy atom. The van der Waals surface area contributed by atoms with Gasteiger partial charge in [0.05, 0.1) is 69.3 Å². The number of hydrogen-bond acceptors (Lipinski definition) is 11. The lowest BCUT2D eigenvalue weighted by Crippen LogP contribution is -2.20. The molecule has 0 spiro atoms. The Labute approximate surface area is 321 Å². The summed E-state index contributed by atoms with van der Waals surface area (Å²) in [4.78, 5) is 6.30. The summed E-state index contributed by atoms with van der Waals surface area (Å²) in [6.45, 7) is 5.35. The minimum atomic E-state index is 0.268.